The van der Waals surface area contributed by atoms with Crippen molar-refractivity contribution in [3.05, 3.63) is 0 Å². The molecule has 0 radical (unpaired) electrons. The Hall–Kier alpha value is -0.160. The topological polar surface area (TPSA) is 41.9 Å². The van der Waals surface area contributed by atoms with E-state index in [0.29, 0.717) is 6.79 Å². The van der Waals surface area contributed by atoms with Crippen LogP contribution in [0.1, 0.15) is 6.42 Å². The van der Waals surface area contributed by atoms with Crippen LogP contribution in [0.5, 0.6) is 0 Å². The first-order valence-electron chi connectivity index (χ1n) is 4.30. The lowest BCUT2D eigenvalue weighted by Gasteiger charge is -2.14. The average Bonchev–Trinajstić information content (AvgIpc) is 2.50. The number of hydrogen-bond acceptors (Lipinski definition) is 4. The summed E-state index contributed by atoms with van der Waals surface area (Å²) >= 11 is 0. The van der Waals surface area contributed by atoms with Gasteiger partial charge in [-0.2, -0.15) is 0 Å². The highest BCUT2D eigenvalue weighted by molar-refractivity contribution is 4.75. The van der Waals surface area contributed by atoms with E-state index in [0.717, 1.165) is 26.1 Å². The first-order chi connectivity index (χ1) is 5.86. The van der Waals surface area contributed by atoms with Gasteiger partial charge in [0.15, 0.2) is 0 Å². The summed E-state index contributed by atoms with van der Waals surface area (Å²) in [6, 6.07) is 0. The second kappa shape index (κ2) is 5.48. The van der Waals surface area contributed by atoms with E-state index in [4.69, 9.17) is 14.6 Å². The van der Waals surface area contributed by atoms with Gasteiger partial charge in [0.1, 0.15) is 6.79 Å². The van der Waals surface area contributed by atoms with Gasteiger partial charge in [0.2, 0.25) is 0 Å². The summed E-state index contributed by atoms with van der Waals surface area (Å²) < 4.78 is 10.2. The Balaban J connectivity index is 2.08. The van der Waals surface area contributed by atoms with Crippen LogP contribution in [-0.4, -0.2) is 56.3 Å². The van der Waals surface area contributed by atoms with Crippen molar-refractivity contribution in [3.8, 4) is 0 Å². The van der Waals surface area contributed by atoms with Crippen LogP contribution in [0, 0.1) is 0 Å². The van der Waals surface area contributed by atoms with Crippen molar-refractivity contribution in [1.82, 2.24) is 4.90 Å². The van der Waals surface area contributed by atoms with Gasteiger partial charge in [-0.25, -0.2) is 0 Å². The monoisotopic (exact) mass is 175 g/mol. The lowest BCUT2D eigenvalue weighted by Crippen LogP contribution is -2.26. The molecule has 72 valence electrons. The molecule has 0 spiro atoms. The van der Waals surface area contributed by atoms with Gasteiger partial charge < -0.3 is 14.6 Å². The van der Waals surface area contributed by atoms with Crippen LogP contribution in [-0.2, 0) is 9.47 Å². The van der Waals surface area contributed by atoms with Gasteiger partial charge in [-0.05, 0) is 6.42 Å². The number of methoxy groups -OCH3 is 1. The maximum absolute atomic E-state index is 8.68. The second-order valence-electron chi connectivity index (χ2n) is 3.01. The minimum atomic E-state index is 0.233. The van der Waals surface area contributed by atoms with Gasteiger partial charge in [0.05, 0.1) is 12.7 Å². The molecule has 0 aliphatic carbocycles. The van der Waals surface area contributed by atoms with E-state index >= 15 is 0 Å². The molecular weight excluding hydrogens is 158 g/mol. The zero-order valence-corrected chi connectivity index (χ0v) is 7.53. The molecule has 1 rings (SSSR count). The molecule has 1 saturated heterocycles. The molecule has 0 amide bonds. The summed E-state index contributed by atoms with van der Waals surface area (Å²) in [5.74, 6) is 0. The molecular formula is C8H17NO3. The highest BCUT2D eigenvalue weighted by Gasteiger charge is 2.21. The fourth-order valence-electron chi connectivity index (χ4n) is 1.44. The van der Waals surface area contributed by atoms with Gasteiger partial charge >= 0.3 is 0 Å². The Kier molecular flexibility index (Phi) is 4.53. The van der Waals surface area contributed by atoms with E-state index in [2.05, 4.69) is 4.90 Å². The van der Waals surface area contributed by atoms with Crippen molar-refractivity contribution in [1.29, 1.82) is 0 Å². The molecule has 1 aliphatic heterocycles. The fourth-order valence-corrected chi connectivity index (χ4v) is 1.44. The number of rotatable bonds is 5. The van der Waals surface area contributed by atoms with Crippen molar-refractivity contribution in [2.24, 2.45) is 0 Å². The predicted molar refractivity (Wildman–Crippen MR) is 44.9 cm³/mol. The SMILES string of the molecule is COCO[C@H]1CCN(CCO)C1. The van der Waals surface area contributed by atoms with Gasteiger partial charge in [0, 0.05) is 26.7 Å². The lowest BCUT2D eigenvalue weighted by molar-refractivity contribution is -0.0672. The Morgan fingerprint density at radius 3 is 3.08 bits per heavy atom. The molecule has 12 heavy (non-hydrogen) atoms. The van der Waals surface area contributed by atoms with Crippen LogP contribution in [0.2, 0.25) is 0 Å². The molecule has 1 N–H and O–H groups in total. The van der Waals surface area contributed by atoms with Crippen LogP contribution >= 0.6 is 0 Å². The standard InChI is InChI=1S/C8H17NO3/c1-11-7-12-8-2-3-9(6-8)4-5-10/h8,10H,2-7H2,1H3/t8-/m0/s1. The molecule has 0 bridgehead atoms. The van der Waals surface area contributed by atoms with Crippen LogP contribution in [0.4, 0.5) is 0 Å². The fraction of sp³-hybridized carbons (Fsp3) is 1.00. The van der Waals surface area contributed by atoms with E-state index < -0.39 is 0 Å². The van der Waals surface area contributed by atoms with Crippen LogP contribution in [0.15, 0.2) is 0 Å². The molecule has 0 aromatic carbocycles. The van der Waals surface area contributed by atoms with E-state index in [9.17, 15) is 0 Å². The highest BCUT2D eigenvalue weighted by Crippen LogP contribution is 2.11. The molecule has 4 nitrogen and oxygen atoms in total. The number of β-amino-alcohol motifs (C(OH)–C–C–N with tert-alkyl or cyclic N) is 1. The Morgan fingerprint density at radius 1 is 1.58 bits per heavy atom. The summed E-state index contributed by atoms with van der Waals surface area (Å²) in [6.07, 6.45) is 1.33. The highest BCUT2D eigenvalue weighted by atomic mass is 16.7. The third-order valence-corrected chi connectivity index (χ3v) is 2.07. The minimum absolute atomic E-state index is 0.233. The maximum Gasteiger partial charge on any atom is 0.146 e. The first-order valence-corrected chi connectivity index (χ1v) is 4.30. The van der Waals surface area contributed by atoms with E-state index in [1.165, 1.54) is 0 Å². The van der Waals surface area contributed by atoms with Crippen molar-refractivity contribution in [3.63, 3.8) is 0 Å². The van der Waals surface area contributed by atoms with E-state index in [1.54, 1.807) is 7.11 Å². The minimum Gasteiger partial charge on any atom is -0.395 e. The molecule has 1 heterocycles. The second-order valence-corrected chi connectivity index (χ2v) is 3.01. The molecule has 0 unspecified atom stereocenters. The van der Waals surface area contributed by atoms with Crippen molar-refractivity contribution in [2.75, 3.05) is 40.1 Å². The molecule has 0 aromatic heterocycles. The number of aliphatic hydroxyl groups is 1. The number of hydrogen-bond donors (Lipinski definition) is 1. The van der Waals surface area contributed by atoms with E-state index in [-0.39, 0.29) is 12.7 Å². The van der Waals surface area contributed by atoms with Crippen LogP contribution in [0.25, 0.3) is 0 Å². The summed E-state index contributed by atoms with van der Waals surface area (Å²) in [4.78, 5) is 2.19. The number of ether oxygens (including phenoxy) is 2. The van der Waals surface area contributed by atoms with Gasteiger partial charge in [-0.1, -0.05) is 0 Å². The average molecular weight is 175 g/mol. The number of likely N-dealkylation sites (tertiary alicyclic amines) is 1. The molecule has 1 atom stereocenters. The normalized spacial score (nSPS) is 25.0. The van der Waals surface area contributed by atoms with Gasteiger partial charge in [-0.3, -0.25) is 4.90 Å². The Labute approximate surface area is 73.1 Å². The Morgan fingerprint density at radius 2 is 2.42 bits per heavy atom. The molecule has 1 aliphatic rings. The van der Waals surface area contributed by atoms with Crippen molar-refractivity contribution < 1.29 is 14.6 Å². The van der Waals surface area contributed by atoms with Crippen molar-refractivity contribution >= 4 is 0 Å². The lowest BCUT2D eigenvalue weighted by atomic mass is 10.3. The summed E-state index contributed by atoms with van der Waals surface area (Å²) in [5, 5.41) is 8.68. The molecule has 4 heteroatoms. The molecule has 0 saturated carbocycles. The Bertz CT molecular complexity index is 121. The quantitative estimate of drug-likeness (QED) is 0.581. The number of nitrogens with zero attached hydrogens (tertiary/aromatic N) is 1. The first kappa shape index (κ1) is 9.92. The summed E-state index contributed by atoms with van der Waals surface area (Å²) in [7, 11) is 1.63. The summed E-state index contributed by atoms with van der Waals surface area (Å²) in [6.45, 7) is 3.31. The van der Waals surface area contributed by atoms with Gasteiger partial charge in [-0.15, -0.1) is 0 Å². The van der Waals surface area contributed by atoms with Crippen LogP contribution < -0.4 is 0 Å². The van der Waals surface area contributed by atoms with E-state index in [1.807, 2.05) is 0 Å². The summed E-state index contributed by atoms with van der Waals surface area (Å²) in [5.41, 5.74) is 0. The largest absolute Gasteiger partial charge is 0.395 e. The van der Waals surface area contributed by atoms with Crippen LogP contribution in [0.3, 0.4) is 0 Å². The zero-order valence-electron chi connectivity index (χ0n) is 7.53. The van der Waals surface area contributed by atoms with Gasteiger partial charge in [0.25, 0.3) is 0 Å². The maximum atomic E-state index is 8.68. The third-order valence-electron chi connectivity index (χ3n) is 2.07. The molecule has 0 aromatic rings. The number of aliphatic hydroxyl groups excluding tert-OH is 1. The molecule has 1 fully saturated rings. The predicted octanol–water partition coefficient (Wildman–Crippen LogP) is -0.326. The van der Waals surface area contributed by atoms with Crippen molar-refractivity contribution in [2.45, 2.75) is 12.5 Å². The third kappa shape index (κ3) is 3.06. The zero-order chi connectivity index (χ0) is 8.81. The smallest absolute Gasteiger partial charge is 0.146 e.